The molecule has 0 unspecified atom stereocenters. The lowest BCUT2D eigenvalue weighted by Gasteiger charge is -2.13. The number of carbonyl (C=O) groups excluding carboxylic acids is 1. The van der Waals surface area contributed by atoms with Crippen LogP contribution in [0.1, 0.15) is 39.0 Å². The third-order valence-electron chi connectivity index (χ3n) is 5.76. The van der Waals surface area contributed by atoms with E-state index in [9.17, 15) is 22.8 Å². The van der Waals surface area contributed by atoms with Crippen LogP contribution in [-0.4, -0.2) is 23.5 Å². The van der Waals surface area contributed by atoms with Crippen molar-refractivity contribution in [3.8, 4) is 16.9 Å². The molecule has 0 aliphatic heterocycles. The number of hydrogen-bond donors (Lipinski definition) is 1. The molecule has 0 radical (unpaired) electrons. The monoisotopic (exact) mass is 454 g/mol. The second-order valence-electron chi connectivity index (χ2n) is 7.98. The van der Waals surface area contributed by atoms with E-state index in [4.69, 9.17) is 9.84 Å². The summed E-state index contributed by atoms with van der Waals surface area (Å²) in [5.41, 5.74) is 3.98. The molecule has 7 heteroatoms. The van der Waals surface area contributed by atoms with Crippen LogP contribution in [-0.2, 0) is 30.2 Å². The summed E-state index contributed by atoms with van der Waals surface area (Å²) in [6.07, 6.45) is -1.82. The second kappa shape index (κ2) is 9.10. The van der Waals surface area contributed by atoms with Crippen LogP contribution >= 0.6 is 0 Å². The van der Waals surface area contributed by atoms with Crippen LogP contribution < -0.4 is 4.74 Å². The number of benzene rings is 3. The van der Waals surface area contributed by atoms with Crippen molar-refractivity contribution in [3.05, 3.63) is 88.5 Å². The van der Waals surface area contributed by atoms with E-state index in [1.165, 1.54) is 12.1 Å². The normalized spacial score (nSPS) is 12.9. The summed E-state index contributed by atoms with van der Waals surface area (Å²) in [5.74, 6) is -0.579. The highest BCUT2D eigenvalue weighted by Crippen LogP contribution is 2.34. The SMILES string of the molecule is O=C(O)COc1ccc(C(=O)Cc2ccc(-c3ccc(C(F)(F)F)cc3)cc2)c2c1CCC2. The zero-order chi connectivity index (χ0) is 23.6. The van der Waals surface area contributed by atoms with Crippen molar-refractivity contribution in [3.63, 3.8) is 0 Å². The standard InChI is InChI=1S/C26H21F3O4/c27-26(28,29)19-10-8-18(9-11-19)17-6-4-16(5-7-17)14-23(30)21-12-13-24(33-15-25(31)32)22-3-1-2-20(21)22/h4-13H,1-3,14-15H2,(H,31,32). The van der Waals surface area contributed by atoms with Crippen LogP contribution in [0.3, 0.4) is 0 Å². The average molecular weight is 454 g/mol. The van der Waals surface area contributed by atoms with E-state index in [0.29, 0.717) is 16.9 Å². The molecule has 1 N–H and O–H groups in total. The minimum atomic E-state index is -4.37. The molecule has 4 nitrogen and oxygen atoms in total. The molecule has 1 aliphatic carbocycles. The number of ketones is 1. The summed E-state index contributed by atoms with van der Waals surface area (Å²) in [6.45, 7) is -0.426. The van der Waals surface area contributed by atoms with E-state index in [1.54, 1.807) is 36.4 Å². The third kappa shape index (κ3) is 5.08. The average Bonchev–Trinajstić information content (AvgIpc) is 3.27. The van der Waals surface area contributed by atoms with E-state index in [-0.39, 0.29) is 12.2 Å². The molecule has 0 atom stereocenters. The van der Waals surface area contributed by atoms with Gasteiger partial charge in [-0.1, -0.05) is 36.4 Å². The number of Topliss-reactive ketones (excluding diaryl/α,β-unsaturated/α-hetero) is 1. The molecule has 0 saturated carbocycles. The van der Waals surface area contributed by atoms with Crippen LogP contribution in [0.5, 0.6) is 5.75 Å². The molecule has 0 saturated heterocycles. The molecular formula is C26H21F3O4. The Hall–Kier alpha value is -3.61. The zero-order valence-corrected chi connectivity index (χ0v) is 17.6. The molecule has 3 aromatic carbocycles. The molecule has 170 valence electrons. The van der Waals surface area contributed by atoms with Crippen molar-refractivity contribution in [2.45, 2.75) is 31.9 Å². The van der Waals surface area contributed by atoms with Crippen molar-refractivity contribution in [2.75, 3.05) is 6.61 Å². The number of carboxylic acids is 1. The number of ether oxygens (including phenoxy) is 1. The van der Waals surface area contributed by atoms with Gasteiger partial charge in [-0.15, -0.1) is 0 Å². The highest BCUT2D eigenvalue weighted by Gasteiger charge is 2.30. The van der Waals surface area contributed by atoms with Gasteiger partial charge in [-0.2, -0.15) is 13.2 Å². The number of halogens is 3. The van der Waals surface area contributed by atoms with Crippen molar-refractivity contribution >= 4 is 11.8 Å². The second-order valence-corrected chi connectivity index (χ2v) is 7.98. The van der Waals surface area contributed by atoms with Gasteiger partial charge in [-0.05, 0) is 71.3 Å². The maximum absolute atomic E-state index is 13.0. The molecule has 4 rings (SSSR count). The van der Waals surface area contributed by atoms with Crippen molar-refractivity contribution in [1.82, 2.24) is 0 Å². The van der Waals surface area contributed by atoms with Crippen LogP contribution in [0.4, 0.5) is 13.2 Å². The predicted molar refractivity (Wildman–Crippen MR) is 117 cm³/mol. The highest BCUT2D eigenvalue weighted by molar-refractivity contribution is 5.99. The molecule has 0 spiro atoms. The lowest BCUT2D eigenvalue weighted by atomic mass is 9.94. The molecule has 1 aliphatic rings. The minimum Gasteiger partial charge on any atom is -0.482 e. The number of rotatable bonds is 7. The Balaban J connectivity index is 1.48. The minimum absolute atomic E-state index is 0.0415. The number of alkyl halides is 3. The van der Waals surface area contributed by atoms with Crippen molar-refractivity contribution < 1.29 is 32.6 Å². The summed E-state index contributed by atoms with van der Waals surface area (Å²) in [4.78, 5) is 23.8. The van der Waals surface area contributed by atoms with Gasteiger partial charge in [0.1, 0.15) is 5.75 Å². The zero-order valence-electron chi connectivity index (χ0n) is 17.6. The Morgan fingerprint density at radius 2 is 1.45 bits per heavy atom. The van der Waals surface area contributed by atoms with Gasteiger partial charge in [-0.25, -0.2) is 4.79 Å². The Morgan fingerprint density at radius 3 is 2.06 bits per heavy atom. The van der Waals surface area contributed by atoms with Crippen LogP contribution in [0.15, 0.2) is 60.7 Å². The predicted octanol–water partition coefficient (Wildman–Crippen LogP) is 5.75. The first kappa shape index (κ1) is 22.6. The fourth-order valence-electron chi connectivity index (χ4n) is 4.16. The summed E-state index contributed by atoms with van der Waals surface area (Å²) in [5, 5.41) is 8.84. The number of aliphatic carboxylic acids is 1. The third-order valence-corrected chi connectivity index (χ3v) is 5.76. The van der Waals surface area contributed by atoms with Crippen molar-refractivity contribution in [1.29, 1.82) is 0 Å². The quantitative estimate of drug-likeness (QED) is 0.462. The lowest BCUT2D eigenvalue weighted by Crippen LogP contribution is -2.12. The van der Waals surface area contributed by atoms with Gasteiger partial charge in [0.05, 0.1) is 5.56 Å². The topological polar surface area (TPSA) is 63.6 Å². The van der Waals surface area contributed by atoms with E-state index in [1.807, 2.05) is 0 Å². The number of hydrogen-bond acceptors (Lipinski definition) is 3. The number of carbonyl (C=O) groups is 2. The highest BCUT2D eigenvalue weighted by atomic mass is 19.4. The molecule has 0 bridgehead atoms. The first-order valence-corrected chi connectivity index (χ1v) is 10.5. The van der Waals surface area contributed by atoms with Crippen LogP contribution in [0, 0.1) is 0 Å². The summed E-state index contributed by atoms with van der Waals surface area (Å²) in [7, 11) is 0. The van der Waals surface area contributed by atoms with Gasteiger partial charge in [0.15, 0.2) is 12.4 Å². The molecule has 3 aromatic rings. The number of fused-ring (bicyclic) bond motifs is 1. The van der Waals surface area contributed by atoms with Crippen molar-refractivity contribution in [2.24, 2.45) is 0 Å². The Bertz CT molecular complexity index is 1180. The first-order chi connectivity index (χ1) is 15.7. The summed E-state index contributed by atoms with van der Waals surface area (Å²) in [6, 6.07) is 15.5. The van der Waals surface area contributed by atoms with Gasteiger partial charge in [0.2, 0.25) is 0 Å². The van der Waals surface area contributed by atoms with Crippen LogP contribution in [0.25, 0.3) is 11.1 Å². The van der Waals surface area contributed by atoms with Gasteiger partial charge >= 0.3 is 12.1 Å². The lowest BCUT2D eigenvalue weighted by molar-refractivity contribution is -0.139. The fraction of sp³-hybridized carbons (Fsp3) is 0.231. The van der Waals surface area contributed by atoms with Gasteiger partial charge < -0.3 is 9.84 Å². The molecule has 0 amide bonds. The first-order valence-electron chi connectivity index (χ1n) is 10.5. The van der Waals surface area contributed by atoms with Crippen LogP contribution in [0.2, 0.25) is 0 Å². The molecule has 0 fully saturated rings. The largest absolute Gasteiger partial charge is 0.482 e. The van der Waals surface area contributed by atoms with E-state index in [2.05, 4.69) is 0 Å². The Kier molecular flexibility index (Phi) is 6.22. The summed E-state index contributed by atoms with van der Waals surface area (Å²) >= 11 is 0. The molecule has 33 heavy (non-hydrogen) atoms. The number of carboxylic acid groups (broad SMARTS) is 1. The summed E-state index contributed by atoms with van der Waals surface area (Å²) < 4.78 is 43.6. The van der Waals surface area contributed by atoms with Gasteiger partial charge in [-0.3, -0.25) is 4.79 Å². The van der Waals surface area contributed by atoms with Gasteiger partial charge in [0.25, 0.3) is 0 Å². The fourth-order valence-corrected chi connectivity index (χ4v) is 4.16. The molecule has 0 aromatic heterocycles. The van der Waals surface area contributed by atoms with E-state index >= 15 is 0 Å². The Labute approximate surface area is 188 Å². The van der Waals surface area contributed by atoms with E-state index < -0.39 is 24.3 Å². The smallest absolute Gasteiger partial charge is 0.416 e. The maximum atomic E-state index is 13.0. The molecular weight excluding hydrogens is 433 g/mol. The Morgan fingerprint density at radius 1 is 0.848 bits per heavy atom. The maximum Gasteiger partial charge on any atom is 0.416 e. The molecule has 0 heterocycles. The van der Waals surface area contributed by atoms with E-state index in [0.717, 1.165) is 53.6 Å². The van der Waals surface area contributed by atoms with Gasteiger partial charge in [0, 0.05) is 12.0 Å².